The van der Waals surface area contributed by atoms with Gasteiger partial charge in [0.1, 0.15) is 0 Å². The third-order valence-corrected chi connectivity index (χ3v) is 4.51. The van der Waals surface area contributed by atoms with Gasteiger partial charge in [0.15, 0.2) is 0 Å². The van der Waals surface area contributed by atoms with Gasteiger partial charge < -0.3 is 0 Å². The molecular formula is C14H25Cl. The van der Waals surface area contributed by atoms with E-state index in [4.69, 9.17) is 11.6 Å². The fraction of sp³-hybridized carbons (Fsp3) is 0.857. The minimum Gasteiger partial charge on any atom is -0.123 e. The van der Waals surface area contributed by atoms with Gasteiger partial charge in [0.25, 0.3) is 0 Å². The van der Waals surface area contributed by atoms with Gasteiger partial charge in [0.2, 0.25) is 0 Å². The maximum absolute atomic E-state index is 6.52. The molecule has 0 amide bonds. The van der Waals surface area contributed by atoms with Crippen LogP contribution in [-0.4, -0.2) is 5.38 Å². The van der Waals surface area contributed by atoms with E-state index in [9.17, 15) is 0 Å². The summed E-state index contributed by atoms with van der Waals surface area (Å²) in [7, 11) is 0. The second kappa shape index (κ2) is 5.39. The number of hydrogen-bond acceptors (Lipinski definition) is 0. The van der Waals surface area contributed by atoms with E-state index >= 15 is 0 Å². The molecule has 3 atom stereocenters. The third-order valence-electron chi connectivity index (χ3n) is 4.03. The van der Waals surface area contributed by atoms with Crippen molar-refractivity contribution in [2.24, 2.45) is 17.3 Å². The lowest BCUT2D eigenvalue weighted by atomic mass is 9.67. The van der Waals surface area contributed by atoms with Gasteiger partial charge in [-0.05, 0) is 42.9 Å². The molecule has 0 aromatic rings. The van der Waals surface area contributed by atoms with Gasteiger partial charge in [-0.3, -0.25) is 0 Å². The topological polar surface area (TPSA) is 0 Å². The predicted octanol–water partition coefficient (Wildman–Crippen LogP) is 5.02. The number of hydrogen-bond donors (Lipinski definition) is 0. The number of alkyl halides is 1. The molecule has 1 fully saturated rings. The van der Waals surface area contributed by atoms with Crippen molar-refractivity contribution in [3.05, 3.63) is 12.7 Å². The van der Waals surface area contributed by atoms with Gasteiger partial charge in [0, 0.05) is 5.38 Å². The van der Waals surface area contributed by atoms with E-state index in [-0.39, 0.29) is 0 Å². The molecule has 15 heavy (non-hydrogen) atoms. The van der Waals surface area contributed by atoms with Crippen molar-refractivity contribution in [1.82, 2.24) is 0 Å². The number of halogens is 1. The summed E-state index contributed by atoms with van der Waals surface area (Å²) in [5.41, 5.74) is 0.376. The Morgan fingerprint density at radius 3 is 2.60 bits per heavy atom. The molecule has 1 heteroatoms. The van der Waals surface area contributed by atoms with Crippen LogP contribution >= 0.6 is 11.6 Å². The Morgan fingerprint density at radius 1 is 1.40 bits per heavy atom. The van der Waals surface area contributed by atoms with Crippen molar-refractivity contribution in [2.75, 3.05) is 0 Å². The van der Waals surface area contributed by atoms with E-state index in [1.165, 1.54) is 25.7 Å². The summed E-state index contributed by atoms with van der Waals surface area (Å²) in [6.45, 7) is 10.9. The summed E-state index contributed by atoms with van der Waals surface area (Å²) in [6.07, 6.45) is 8.21. The Bertz CT molecular complexity index is 207. The molecule has 0 heterocycles. The summed E-state index contributed by atoms with van der Waals surface area (Å²) < 4.78 is 0. The molecule has 1 rings (SSSR count). The van der Waals surface area contributed by atoms with E-state index < -0.39 is 0 Å². The summed E-state index contributed by atoms with van der Waals surface area (Å²) in [5, 5.41) is 0.383. The van der Waals surface area contributed by atoms with Gasteiger partial charge in [0.05, 0.1) is 0 Å². The van der Waals surface area contributed by atoms with Gasteiger partial charge >= 0.3 is 0 Å². The maximum atomic E-state index is 6.52. The zero-order valence-electron chi connectivity index (χ0n) is 10.4. The Hall–Kier alpha value is 0.0300. The Labute approximate surface area is 100 Å². The van der Waals surface area contributed by atoms with Crippen LogP contribution in [0.2, 0.25) is 0 Å². The second-order valence-electron chi connectivity index (χ2n) is 5.86. The Kier molecular flexibility index (Phi) is 4.70. The van der Waals surface area contributed by atoms with E-state index in [0.717, 1.165) is 12.3 Å². The highest BCUT2D eigenvalue weighted by Gasteiger charge is 2.37. The van der Waals surface area contributed by atoms with Crippen LogP contribution < -0.4 is 0 Å². The maximum Gasteiger partial charge on any atom is 0.0371 e. The average molecular weight is 229 g/mol. The number of allylic oxidation sites excluding steroid dienone is 1. The summed E-state index contributed by atoms with van der Waals surface area (Å²) in [6, 6.07) is 0. The largest absolute Gasteiger partial charge is 0.123 e. The van der Waals surface area contributed by atoms with E-state index in [1.54, 1.807) is 0 Å². The molecule has 1 aliphatic rings. The first-order valence-electron chi connectivity index (χ1n) is 6.22. The average Bonchev–Trinajstić information content (AvgIpc) is 2.14. The molecule has 0 bridgehead atoms. The third kappa shape index (κ3) is 3.52. The highest BCUT2D eigenvalue weighted by Crippen LogP contribution is 2.45. The molecule has 3 unspecified atom stereocenters. The van der Waals surface area contributed by atoms with Crippen molar-refractivity contribution in [1.29, 1.82) is 0 Å². The zero-order chi connectivity index (χ0) is 11.5. The molecule has 0 spiro atoms. The molecule has 0 aromatic carbocycles. The lowest BCUT2D eigenvalue weighted by Gasteiger charge is -2.42. The summed E-state index contributed by atoms with van der Waals surface area (Å²) >= 11 is 6.52. The van der Waals surface area contributed by atoms with Crippen LogP contribution in [0.25, 0.3) is 0 Å². The molecule has 88 valence electrons. The van der Waals surface area contributed by atoms with E-state index in [1.807, 2.05) is 6.08 Å². The smallest absolute Gasteiger partial charge is 0.0371 e. The molecule has 0 aliphatic heterocycles. The standard InChI is InChI=1S/C14H25Cl/c1-5-6-9-14(3,4)12-8-7-11(2)10-13(12)15/h5,11-13H,1,6-10H2,2-4H3. The molecule has 0 nitrogen and oxygen atoms in total. The minimum atomic E-state index is 0.376. The quantitative estimate of drug-likeness (QED) is 0.468. The van der Waals surface area contributed by atoms with Gasteiger partial charge in [-0.25, -0.2) is 0 Å². The van der Waals surface area contributed by atoms with Crippen molar-refractivity contribution in [2.45, 2.75) is 58.3 Å². The van der Waals surface area contributed by atoms with Crippen molar-refractivity contribution in [3.63, 3.8) is 0 Å². The first-order valence-corrected chi connectivity index (χ1v) is 6.66. The fourth-order valence-electron chi connectivity index (χ4n) is 2.85. The molecular weight excluding hydrogens is 204 g/mol. The van der Waals surface area contributed by atoms with Crippen molar-refractivity contribution < 1.29 is 0 Å². The second-order valence-corrected chi connectivity index (χ2v) is 6.42. The molecule has 1 saturated carbocycles. The monoisotopic (exact) mass is 228 g/mol. The van der Waals surface area contributed by atoms with Crippen LogP contribution in [0, 0.1) is 17.3 Å². The Morgan fingerprint density at radius 2 is 2.07 bits per heavy atom. The van der Waals surface area contributed by atoms with Crippen molar-refractivity contribution >= 4 is 11.6 Å². The van der Waals surface area contributed by atoms with Crippen LogP contribution in [0.5, 0.6) is 0 Å². The summed E-state index contributed by atoms with van der Waals surface area (Å²) in [4.78, 5) is 0. The molecule has 0 N–H and O–H groups in total. The van der Waals surface area contributed by atoms with E-state index in [0.29, 0.717) is 16.7 Å². The van der Waals surface area contributed by atoms with Crippen molar-refractivity contribution in [3.8, 4) is 0 Å². The summed E-state index contributed by atoms with van der Waals surface area (Å²) in [5.74, 6) is 1.51. The molecule has 0 aromatic heterocycles. The SMILES string of the molecule is C=CCCC(C)(C)C1CCC(C)CC1Cl. The molecule has 1 aliphatic carbocycles. The highest BCUT2D eigenvalue weighted by molar-refractivity contribution is 6.20. The first-order chi connectivity index (χ1) is 6.97. The van der Waals surface area contributed by atoms with Gasteiger partial charge in [-0.15, -0.1) is 18.2 Å². The zero-order valence-corrected chi connectivity index (χ0v) is 11.2. The Balaban J connectivity index is 2.57. The molecule has 0 radical (unpaired) electrons. The minimum absolute atomic E-state index is 0.376. The predicted molar refractivity (Wildman–Crippen MR) is 69.4 cm³/mol. The fourth-order valence-corrected chi connectivity index (χ4v) is 3.62. The van der Waals surface area contributed by atoms with Crippen LogP contribution in [0.4, 0.5) is 0 Å². The normalized spacial score (nSPS) is 32.7. The van der Waals surface area contributed by atoms with E-state index in [2.05, 4.69) is 27.4 Å². The van der Waals surface area contributed by atoms with Gasteiger partial charge in [-0.2, -0.15) is 0 Å². The molecule has 0 saturated heterocycles. The van der Waals surface area contributed by atoms with Crippen LogP contribution in [-0.2, 0) is 0 Å². The lowest BCUT2D eigenvalue weighted by molar-refractivity contribution is 0.133. The number of rotatable bonds is 4. The van der Waals surface area contributed by atoms with Gasteiger partial charge in [-0.1, -0.05) is 33.3 Å². The lowest BCUT2D eigenvalue weighted by Crippen LogP contribution is -2.35. The van der Waals surface area contributed by atoms with Crippen LogP contribution in [0.3, 0.4) is 0 Å². The van der Waals surface area contributed by atoms with Crippen LogP contribution in [0.15, 0.2) is 12.7 Å². The highest BCUT2D eigenvalue weighted by atomic mass is 35.5. The first kappa shape index (κ1) is 13.1. The van der Waals surface area contributed by atoms with Crippen LogP contribution in [0.1, 0.15) is 52.9 Å².